The summed E-state index contributed by atoms with van der Waals surface area (Å²) in [6.45, 7) is 0. The number of nitriles is 1. The lowest BCUT2D eigenvalue weighted by Crippen LogP contribution is -1.97. The van der Waals surface area contributed by atoms with E-state index in [9.17, 15) is 4.21 Å². The third-order valence-electron chi connectivity index (χ3n) is 2.79. The van der Waals surface area contributed by atoms with Crippen molar-refractivity contribution in [2.75, 3.05) is 7.11 Å². The van der Waals surface area contributed by atoms with E-state index < -0.39 is 10.8 Å². The summed E-state index contributed by atoms with van der Waals surface area (Å²) in [5.74, 6) is 1.04. The molecule has 20 heavy (non-hydrogen) atoms. The van der Waals surface area contributed by atoms with Gasteiger partial charge in [-0.15, -0.1) is 0 Å². The average Bonchev–Trinajstić information content (AvgIpc) is 2.49. The van der Waals surface area contributed by atoms with Crippen molar-refractivity contribution in [1.82, 2.24) is 0 Å². The fourth-order valence-corrected chi connectivity index (χ4v) is 3.15. The Morgan fingerprint density at radius 3 is 2.50 bits per heavy atom. The summed E-state index contributed by atoms with van der Waals surface area (Å²) in [6, 6.07) is 14.1. The molecule has 5 heteroatoms. The van der Waals surface area contributed by atoms with Crippen molar-refractivity contribution in [2.24, 2.45) is 0 Å². The summed E-state index contributed by atoms with van der Waals surface area (Å²) in [6.07, 6.45) is 0. The van der Waals surface area contributed by atoms with Crippen molar-refractivity contribution in [3.05, 3.63) is 58.6 Å². The molecule has 102 valence electrons. The molecule has 0 aromatic heterocycles. The summed E-state index contributed by atoms with van der Waals surface area (Å²) in [7, 11) is 0.399. The van der Waals surface area contributed by atoms with Gasteiger partial charge in [0, 0.05) is 9.92 Å². The molecule has 0 bridgehead atoms. The molecule has 3 nitrogen and oxygen atoms in total. The number of methoxy groups -OCH3 is 1. The van der Waals surface area contributed by atoms with Gasteiger partial charge in [-0.3, -0.25) is 4.21 Å². The molecule has 0 radical (unpaired) electrons. The van der Waals surface area contributed by atoms with E-state index in [1.165, 1.54) is 0 Å². The average molecular weight is 306 g/mol. The number of halogens is 1. The first-order valence-electron chi connectivity index (χ1n) is 5.85. The van der Waals surface area contributed by atoms with E-state index in [-0.39, 0.29) is 0 Å². The van der Waals surface area contributed by atoms with Crippen LogP contribution < -0.4 is 4.74 Å². The zero-order chi connectivity index (χ0) is 14.5. The second-order valence-corrected chi connectivity index (χ2v) is 5.94. The molecule has 0 aliphatic carbocycles. The lowest BCUT2D eigenvalue weighted by Gasteiger charge is -2.06. The number of benzene rings is 2. The molecule has 0 aliphatic rings. The molecule has 0 saturated carbocycles. The van der Waals surface area contributed by atoms with E-state index in [0.29, 0.717) is 21.2 Å². The molecule has 0 heterocycles. The Kier molecular flexibility index (Phi) is 4.78. The number of rotatable bonds is 4. The topological polar surface area (TPSA) is 50.1 Å². The van der Waals surface area contributed by atoms with Crippen LogP contribution in [0.3, 0.4) is 0 Å². The van der Waals surface area contributed by atoms with E-state index in [2.05, 4.69) is 0 Å². The van der Waals surface area contributed by atoms with Crippen LogP contribution in [0.15, 0.2) is 47.4 Å². The SMILES string of the molecule is COc1ccc(S(=O)Cc2ccc(C#N)cc2Cl)cc1. The van der Waals surface area contributed by atoms with Gasteiger partial charge in [0.15, 0.2) is 0 Å². The normalized spacial score (nSPS) is 11.7. The van der Waals surface area contributed by atoms with Gasteiger partial charge in [0.1, 0.15) is 5.75 Å². The predicted molar refractivity (Wildman–Crippen MR) is 79.3 cm³/mol. The smallest absolute Gasteiger partial charge is 0.118 e. The Labute approximate surface area is 125 Å². The highest BCUT2D eigenvalue weighted by atomic mass is 35.5. The quantitative estimate of drug-likeness (QED) is 0.868. The summed E-state index contributed by atoms with van der Waals surface area (Å²) in [5, 5.41) is 9.25. The summed E-state index contributed by atoms with van der Waals surface area (Å²) < 4.78 is 17.3. The Morgan fingerprint density at radius 1 is 1.25 bits per heavy atom. The molecule has 2 aromatic carbocycles. The van der Waals surface area contributed by atoms with Crippen molar-refractivity contribution >= 4 is 22.4 Å². The van der Waals surface area contributed by atoms with Gasteiger partial charge < -0.3 is 4.74 Å². The minimum atomic E-state index is -1.19. The highest BCUT2D eigenvalue weighted by Gasteiger charge is 2.09. The van der Waals surface area contributed by atoms with Crippen molar-refractivity contribution < 1.29 is 8.95 Å². The molecular weight excluding hydrogens is 294 g/mol. The summed E-state index contributed by atoms with van der Waals surface area (Å²) >= 11 is 6.08. The Balaban J connectivity index is 2.17. The maximum Gasteiger partial charge on any atom is 0.118 e. The molecule has 0 spiro atoms. The minimum Gasteiger partial charge on any atom is -0.497 e. The van der Waals surface area contributed by atoms with Gasteiger partial charge in [-0.1, -0.05) is 17.7 Å². The van der Waals surface area contributed by atoms with Crippen molar-refractivity contribution in [3.63, 3.8) is 0 Å². The lowest BCUT2D eigenvalue weighted by atomic mass is 10.2. The van der Waals surface area contributed by atoms with Gasteiger partial charge in [-0.25, -0.2) is 0 Å². The van der Waals surface area contributed by atoms with E-state index in [0.717, 1.165) is 11.3 Å². The van der Waals surface area contributed by atoms with Crippen LogP contribution in [0.25, 0.3) is 0 Å². The van der Waals surface area contributed by atoms with Gasteiger partial charge in [0.25, 0.3) is 0 Å². The molecule has 1 atom stereocenters. The van der Waals surface area contributed by atoms with Crippen molar-refractivity contribution in [3.8, 4) is 11.8 Å². The number of nitrogens with zero attached hydrogens (tertiary/aromatic N) is 1. The second kappa shape index (κ2) is 6.56. The van der Waals surface area contributed by atoms with Crippen LogP contribution in [0.4, 0.5) is 0 Å². The molecule has 0 aliphatic heterocycles. The van der Waals surface area contributed by atoms with Crippen LogP contribution in [0.1, 0.15) is 11.1 Å². The van der Waals surface area contributed by atoms with Gasteiger partial charge >= 0.3 is 0 Å². The molecule has 0 saturated heterocycles. The third kappa shape index (κ3) is 3.38. The third-order valence-corrected chi connectivity index (χ3v) is 4.51. The first-order chi connectivity index (χ1) is 9.63. The predicted octanol–water partition coefficient (Wildman–Crippen LogP) is 3.53. The van der Waals surface area contributed by atoms with E-state index in [4.69, 9.17) is 21.6 Å². The zero-order valence-electron chi connectivity index (χ0n) is 10.8. The molecule has 2 rings (SSSR count). The van der Waals surface area contributed by atoms with Gasteiger partial charge in [-0.05, 0) is 42.0 Å². The zero-order valence-corrected chi connectivity index (χ0v) is 12.4. The molecule has 0 fully saturated rings. The largest absolute Gasteiger partial charge is 0.497 e. The monoisotopic (exact) mass is 305 g/mol. The Morgan fingerprint density at radius 2 is 1.95 bits per heavy atom. The van der Waals surface area contributed by atoms with Crippen molar-refractivity contribution in [1.29, 1.82) is 5.26 Å². The highest BCUT2D eigenvalue weighted by Crippen LogP contribution is 2.22. The Bertz CT molecular complexity index is 677. The number of hydrogen-bond acceptors (Lipinski definition) is 3. The van der Waals surface area contributed by atoms with E-state index >= 15 is 0 Å². The maximum atomic E-state index is 12.3. The summed E-state index contributed by atoms with van der Waals surface area (Å²) in [4.78, 5) is 0.714. The van der Waals surface area contributed by atoms with Crippen molar-refractivity contribution in [2.45, 2.75) is 10.6 Å². The fourth-order valence-electron chi connectivity index (χ4n) is 1.69. The number of ether oxygens (including phenoxy) is 1. The van der Waals surface area contributed by atoms with E-state index in [1.54, 1.807) is 49.6 Å². The molecule has 0 amide bonds. The fraction of sp³-hybridized carbons (Fsp3) is 0.133. The van der Waals surface area contributed by atoms with E-state index in [1.807, 2.05) is 6.07 Å². The van der Waals surface area contributed by atoms with Crippen LogP contribution in [0.5, 0.6) is 5.75 Å². The van der Waals surface area contributed by atoms with Gasteiger partial charge in [0.2, 0.25) is 0 Å². The first kappa shape index (κ1) is 14.6. The van der Waals surface area contributed by atoms with Crippen LogP contribution >= 0.6 is 11.6 Å². The standard InChI is InChI=1S/C15H12ClNO2S/c1-19-13-4-6-14(7-5-13)20(18)10-12-3-2-11(9-17)8-15(12)16/h2-8H,10H2,1H3. The number of hydrogen-bond donors (Lipinski definition) is 0. The summed E-state index contributed by atoms with van der Waals surface area (Å²) in [5.41, 5.74) is 1.26. The van der Waals surface area contributed by atoms with Crippen LogP contribution in [-0.4, -0.2) is 11.3 Å². The van der Waals surface area contributed by atoms with Gasteiger partial charge in [-0.2, -0.15) is 5.26 Å². The van der Waals surface area contributed by atoms with Crippen LogP contribution in [-0.2, 0) is 16.6 Å². The van der Waals surface area contributed by atoms with Gasteiger partial charge in [0.05, 0.1) is 35.3 Å². The first-order valence-corrected chi connectivity index (χ1v) is 7.54. The second-order valence-electron chi connectivity index (χ2n) is 4.08. The minimum absolute atomic E-state index is 0.316. The molecule has 0 N–H and O–H groups in total. The Hall–Kier alpha value is -1.83. The molecule has 1 unspecified atom stereocenters. The van der Waals surface area contributed by atoms with Crippen LogP contribution in [0.2, 0.25) is 5.02 Å². The maximum absolute atomic E-state index is 12.3. The highest BCUT2D eigenvalue weighted by molar-refractivity contribution is 7.84. The molecular formula is C15H12ClNO2S. The van der Waals surface area contributed by atoms with Crippen LogP contribution in [0, 0.1) is 11.3 Å². The lowest BCUT2D eigenvalue weighted by molar-refractivity contribution is 0.414. The molecule has 2 aromatic rings.